The molecule has 1 aliphatic heterocycles. The van der Waals surface area contributed by atoms with Gasteiger partial charge in [0.25, 0.3) is 0 Å². The van der Waals surface area contributed by atoms with Crippen LogP contribution in [-0.2, 0) is 11.0 Å². The Morgan fingerprint density at radius 3 is 2.06 bits per heavy atom. The van der Waals surface area contributed by atoms with Crippen LogP contribution in [0.5, 0.6) is 0 Å². The van der Waals surface area contributed by atoms with Gasteiger partial charge in [0, 0.05) is 42.5 Å². The Kier molecular flexibility index (Phi) is 5.54. The Morgan fingerprint density at radius 2 is 1.50 bits per heavy atom. The highest BCUT2D eigenvalue weighted by Gasteiger charge is 2.32. The van der Waals surface area contributed by atoms with Gasteiger partial charge < -0.3 is 15.5 Å². The summed E-state index contributed by atoms with van der Waals surface area (Å²) in [6, 6.07) is 12.5. The molecule has 0 saturated carbocycles. The van der Waals surface area contributed by atoms with Gasteiger partial charge in [0.15, 0.2) is 5.82 Å². The van der Waals surface area contributed by atoms with Gasteiger partial charge in [-0.05, 0) is 26.0 Å². The van der Waals surface area contributed by atoms with E-state index >= 15 is 0 Å². The summed E-state index contributed by atoms with van der Waals surface area (Å²) in [5.74, 6) is 0.598. The minimum Gasteiger partial charge on any atom is -0.351 e. The zero-order valence-corrected chi connectivity index (χ0v) is 17.9. The van der Waals surface area contributed by atoms with Crippen LogP contribution >= 0.6 is 0 Å². The summed E-state index contributed by atoms with van der Waals surface area (Å²) < 4.78 is 38.7. The third-order valence-corrected chi connectivity index (χ3v) is 5.57. The van der Waals surface area contributed by atoms with E-state index < -0.39 is 17.3 Å². The molecule has 3 aromatic rings. The fourth-order valence-electron chi connectivity index (χ4n) is 3.88. The average molecular weight is 443 g/mol. The van der Waals surface area contributed by atoms with Crippen LogP contribution in [0.2, 0.25) is 0 Å². The molecular formula is C23H24F3N5O. The van der Waals surface area contributed by atoms with Crippen molar-refractivity contribution in [2.24, 2.45) is 5.73 Å². The Morgan fingerprint density at radius 1 is 0.906 bits per heavy atom. The van der Waals surface area contributed by atoms with Crippen molar-refractivity contribution >= 4 is 22.5 Å². The monoisotopic (exact) mass is 443 g/mol. The van der Waals surface area contributed by atoms with E-state index in [9.17, 15) is 18.0 Å². The molecule has 2 N–H and O–H groups in total. The van der Waals surface area contributed by atoms with E-state index in [1.165, 1.54) is 12.1 Å². The third kappa shape index (κ3) is 4.25. The molecular weight excluding hydrogens is 419 g/mol. The molecule has 0 spiro atoms. The number of hydrogen-bond acceptors (Lipinski definition) is 5. The van der Waals surface area contributed by atoms with Gasteiger partial charge in [0.2, 0.25) is 5.91 Å². The highest BCUT2D eigenvalue weighted by Crippen LogP contribution is 2.34. The first kappa shape index (κ1) is 22.0. The van der Waals surface area contributed by atoms with E-state index in [0.29, 0.717) is 43.3 Å². The quantitative estimate of drug-likeness (QED) is 0.668. The number of hydrogen-bond donors (Lipinski definition) is 1. The molecule has 1 fully saturated rings. The molecule has 1 amide bonds. The van der Waals surface area contributed by atoms with E-state index in [1.54, 1.807) is 18.7 Å². The van der Waals surface area contributed by atoms with Gasteiger partial charge in [-0.25, -0.2) is 0 Å². The van der Waals surface area contributed by atoms with Crippen molar-refractivity contribution in [1.82, 2.24) is 15.1 Å². The number of halogens is 3. The lowest BCUT2D eigenvalue weighted by atomic mass is 10.0. The third-order valence-electron chi connectivity index (χ3n) is 5.57. The largest absolute Gasteiger partial charge is 0.416 e. The number of benzene rings is 2. The number of rotatable bonds is 3. The number of fused-ring (bicyclic) bond motifs is 1. The summed E-state index contributed by atoms with van der Waals surface area (Å²) >= 11 is 0. The predicted octanol–water partition coefficient (Wildman–Crippen LogP) is 3.70. The molecule has 0 aliphatic carbocycles. The number of carbonyl (C=O) groups excluding carboxylic acids is 1. The molecule has 0 bridgehead atoms. The molecule has 6 nitrogen and oxygen atoms in total. The summed E-state index contributed by atoms with van der Waals surface area (Å²) in [6.45, 7) is 5.60. The highest BCUT2D eigenvalue weighted by molar-refractivity contribution is 6.00. The summed E-state index contributed by atoms with van der Waals surface area (Å²) in [5.41, 5.74) is 5.41. The molecule has 0 radical (unpaired) electrons. The van der Waals surface area contributed by atoms with Crippen LogP contribution in [-0.4, -0.2) is 52.7 Å². The van der Waals surface area contributed by atoms with Gasteiger partial charge >= 0.3 is 6.18 Å². The second-order valence-electron chi connectivity index (χ2n) is 8.49. The molecule has 4 rings (SSSR count). The van der Waals surface area contributed by atoms with Crippen molar-refractivity contribution in [1.29, 1.82) is 0 Å². The van der Waals surface area contributed by atoms with Gasteiger partial charge in [0.05, 0.1) is 11.1 Å². The number of aromatic nitrogens is 2. The predicted molar refractivity (Wildman–Crippen MR) is 117 cm³/mol. The SMILES string of the molecule is CC(C)(N)C(=O)N1CCN(c2nnc(-c3ccc(C(F)(F)F)cc3)c3ccccc23)CC1. The molecule has 32 heavy (non-hydrogen) atoms. The first-order valence-corrected chi connectivity index (χ1v) is 10.3. The summed E-state index contributed by atoms with van der Waals surface area (Å²) in [5, 5.41) is 10.4. The molecule has 1 saturated heterocycles. The van der Waals surface area contributed by atoms with E-state index in [2.05, 4.69) is 15.1 Å². The molecule has 0 unspecified atom stereocenters. The molecule has 0 atom stereocenters. The van der Waals surface area contributed by atoms with Crippen molar-refractivity contribution in [2.75, 3.05) is 31.1 Å². The van der Waals surface area contributed by atoms with E-state index in [0.717, 1.165) is 22.9 Å². The lowest BCUT2D eigenvalue weighted by Gasteiger charge is -2.38. The average Bonchev–Trinajstić information content (AvgIpc) is 2.77. The fraction of sp³-hybridized carbons (Fsp3) is 0.348. The second kappa shape index (κ2) is 8.05. The Balaban J connectivity index is 1.63. The van der Waals surface area contributed by atoms with E-state index in [4.69, 9.17) is 5.73 Å². The number of nitrogens with zero attached hydrogens (tertiary/aromatic N) is 4. The first-order chi connectivity index (χ1) is 15.1. The van der Waals surface area contributed by atoms with Crippen molar-refractivity contribution < 1.29 is 18.0 Å². The smallest absolute Gasteiger partial charge is 0.351 e. The Hall–Kier alpha value is -3.20. The molecule has 2 aromatic carbocycles. The number of nitrogens with two attached hydrogens (primary N) is 1. The fourth-order valence-corrected chi connectivity index (χ4v) is 3.88. The maximum Gasteiger partial charge on any atom is 0.416 e. The van der Waals surface area contributed by atoms with Gasteiger partial charge in [-0.1, -0.05) is 36.4 Å². The lowest BCUT2D eigenvalue weighted by molar-refractivity contribution is -0.137. The van der Waals surface area contributed by atoms with Crippen LogP contribution < -0.4 is 10.6 Å². The van der Waals surface area contributed by atoms with Crippen molar-refractivity contribution in [3.8, 4) is 11.3 Å². The number of carbonyl (C=O) groups is 1. The van der Waals surface area contributed by atoms with Crippen molar-refractivity contribution in [2.45, 2.75) is 25.6 Å². The zero-order chi connectivity index (χ0) is 23.1. The van der Waals surface area contributed by atoms with Crippen LogP contribution in [0.1, 0.15) is 19.4 Å². The second-order valence-corrected chi connectivity index (χ2v) is 8.49. The Bertz CT molecular complexity index is 1130. The van der Waals surface area contributed by atoms with Crippen LogP contribution in [0, 0.1) is 0 Å². The van der Waals surface area contributed by atoms with Crippen molar-refractivity contribution in [3.63, 3.8) is 0 Å². The van der Waals surface area contributed by atoms with Gasteiger partial charge in [-0.3, -0.25) is 4.79 Å². The molecule has 1 aliphatic rings. The summed E-state index contributed by atoms with van der Waals surface area (Å²) in [7, 11) is 0. The first-order valence-electron chi connectivity index (χ1n) is 10.3. The van der Waals surface area contributed by atoms with Crippen LogP contribution in [0.25, 0.3) is 22.0 Å². The van der Waals surface area contributed by atoms with Crippen molar-refractivity contribution in [3.05, 3.63) is 54.1 Å². The molecule has 168 valence electrons. The van der Waals surface area contributed by atoms with E-state index in [-0.39, 0.29) is 5.91 Å². The summed E-state index contributed by atoms with van der Waals surface area (Å²) in [6.07, 6.45) is -4.39. The van der Waals surface area contributed by atoms with Gasteiger partial charge in [-0.2, -0.15) is 13.2 Å². The number of anilines is 1. The zero-order valence-electron chi connectivity index (χ0n) is 17.9. The lowest BCUT2D eigenvalue weighted by Crippen LogP contribution is -2.57. The molecule has 9 heteroatoms. The Labute approximate surface area is 183 Å². The minimum absolute atomic E-state index is 0.0919. The van der Waals surface area contributed by atoms with E-state index in [1.807, 2.05) is 24.3 Å². The van der Waals surface area contributed by atoms with Gasteiger partial charge in [0.1, 0.15) is 5.69 Å². The van der Waals surface area contributed by atoms with Gasteiger partial charge in [-0.15, -0.1) is 10.2 Å². The van der Waals surface area contributed by atoms with Crippen LogP contribution in [0.15, 0.2) is 48.5 Å². The number of piperazine rings is 1. The minimum atomic E-state index is -4.39. The maximum atomic E-state index is 12.9. The maximum absolute atomic E-state index is 12.9. The summed E-state index contributed by atoms with van der Waals surface area (Å²) in [4.78, 5) is 16.3. The van der Waals surface area contributed by atoms with Crippen LogP contribution in [0.4, 0.5) is 19.0 Å². The molecule has 1 aromatic heterocycles. The topological polar surface area (TPSA) is 75.4 Å². The number of alkyl halides is 3. The van der Waals surface area contributed by atoms with Crippen LogP contribution in [0.3, 0.4) is 0 Å². The number of amides is 1. The highest BCUT2D eigenvalue weighted by atomic mass is 19.4. The standard InChI is InChI=1S/C23H24F3N5O/c1-22(2,27)21(32)31-13-11-30(12-14-31)20-18-6-4-3-5-17(18)19(28-29-20)15-7-9-16(10-8-15)23(24,25)26/h3-10H,11-14,27H2,1-2H3. The molecule has 2 heterocycles. The normalized spacial score (nSPS) is 15.3.